The number of rotatable bonds is 3. The quantitative estimate of drug-likeness (QED) is 0.936. The van der Waals surface area contributed by atoms with E-state index in [1.54, 1.807) is 12.1 Å². The van der Waals surface area contributed by atoms with Crippen molar-refractivity contribution in [1.29, 1.82) is 0 Å². The van der Waals surface area contributed by atoms with Gasteiger partial charge in [-0.05, 0) is 31.4 Å². The highest BCUT2D eigenvalue weighted by molar-refractivity contribution is 5.91. The molecule has 2 aromatic rings. The molecule has 4 rings (SSSR count). The largest absolute Gasteiger partial charge is 0.494 e. The van der Waals surface area contributed by atoms with Crippen LogP contribution in [0.25, 0.3) is 10.9 Å². The van der Waals surface area contributed by atoms with E-state index >= 15 is 0 Å². The molecule has 6 nitrogen and oxygen atoms in total. The van der Waals surface area contributed by atoms with Crippen LogP contribution in [-0.4, -0.2) is 46.5 Å². The van der Waals surface area contributed by atoms with Gasteiger partial charge < -0.3 is 15.0 Å². The second-order valence-electron chi connectivity index (χ2n) is 6.31. The van der Waals surface area contributed by atoms with Crippen molar-refractivity contribution in [3.8, 4) is 5.75 Å². The standard InChI is InChI=1S/C17H19FN4O2/c1-24-13-6-5-10-16(15(13)18)19-9-20-17(10)21-11-8-14(23)22-7-3-2-4-12(11)22/h5-6,9,11-12H,2-4,7-8H2,1H3,(H,19,20,21). The zero-order valence-electron chi connectivity index (χ0n) is 13.5. The van der Waals surface area contributed by atoms with Gasteiger partial charge in [-0.1, -0.05) is 0 Å². The molecule has 24 heavy (non-hydrogen) atoms. The number of fused-ring (bicyclic) bond motifs is 2. The Morgan fingerprint density at radius 1 is 1.33 bits per heavy atom. The Kier molecular flexibility index (Phi) is 3.70. The van der Waals surface area contributed by atoms with E-state index < -0.39 is 5.82 Å². The fourth-order valence-corrected chi connectivity index (χ4v) is 3.80. The maximum Gasteiger partial charge on any atom is 0.225 e. The molecule has 7 heteroatoms. The minimum Gasteiger partial charge on any atom is -0.494 e. The van der Waals surface area contributed by atoms with Crippen LogP contribution in [0.4, 0.5) is 10.2 Å². The Balaban J connectivity index is 1.68. The lowest BCUT2D eigenvalue weighted by Gasteiger charge is -2.32. The molecule has 0 bridgehead atoms. The summed E-state index contributed by atoms with van der Waals surface area (Å²) in [7, 11) is 1.42. The predicted octanol–water partition coefficient (Wildman–Crippen LogP) is 2.34. The van der Waals surface area contributed by atoms with Crippen LogP contribution in [0.3, 0.4) is 0 Å². The van der Waals surface area contributed by atoms with Crippen molar-refractivity contribution >= 4 is 22.6 Å². The van der Waals surface area contributed by atoms with Crippen molar-refractivity contribution in [2.45, 2.75) is 37.8 Å². The molecule has 0 spiro atoms. The Morgan fingerprint density at radius 2 is 2.21 bits per heavy atom. The Bertz CT molecular complexity index is 797. The van der Waals surface area contributed by atoms with Crippen molar-refractivity contribution in [3.63, 3.8) is 0 Å². The summed E-state index contributed by atoms with van der Waals surface area (Å²) in [6, 6.07) is 3.51. The number of methoxy groups -OCH3 is 1. The van der Waals surface area contributed by atoms with Gasteiger partial charge in [0.25, 0.3) is 0 Å². The fourth-order valence-electron chi connectivity index (χ4n) is 3.80. The summed E-state index contributed by atoms with van der Waals surface area (Å²) in [4.78, 5) is 22.5. The molecule has 0 radical (unpaired) electrons. The van der Waals surface area contributed by atoms with Crippen molar-refractivity contribution in [1.82, 2.24) is 14.9 Å². The number of benzene rings is 1. The molecule has 0 aliphatic carbocycles. The molecule has 2 unspecified atom stereocenters. The number of halogens is 1. The molecule has 2 fully saturated rings. The number of aromatic nitrogens is 2. The lowest BCUT2D eigenvalue weighted by Crippen LogP contribution is -2.43. The molecular weight excluding hydrogens is 311 g/mol. The van der Waals surface area contributed by atoms with E-state index in [-0.39, 0.29) is 29.3 Å². The van der Waals surface area contributed by atoms with E-state index in [0.29, 0.717) is 17.6 Å². The van der Waals surface area contributed by atoms with Gasteiger partial charge in [0.2, 0.25) is 5.91 Å². The predicted molar refractivity (Wildman–Crippen MR) is 87.4 cm³/mol. The van der Waals surface area contributed by atoms with Gasteiger partial charge >= 0.3 is 0 Å². The van der Waals surface area contributed by atoms with Crippen molar-refractivity contribution in [2.75, 3.05) is 19.0 Å². The summed E-state index contributed by atoms with van der Waals surface area (Å²) in [6.45, 7) is 0.831. The average molecular weight is 330 g/mol. The Labute approximate surface area is 139 Å². The summed E-state index contributed by atoms with van der Waals surface area (Å²) < 4.78 is 19.4. The molecule has 1 amide bonds. The van der Waals surface area contributed by atoms with E-state index in [4.69, 9.17) is 4.74 Å². The van der Waals surface area contributed by atoms with E-state index in [1.165, 1.54) is 13.4 Å². The number of hydrogen-bond donors (Lipinski definition) is 1. The van der Waals surface area contributed by atoms with Crippen LogP contribution in [0.2, 0.25) is 0 Å². The topological polar surface area (TPSA) is 67.3 Å². The molecule has 126 valence electrons. The second-order valence-corrected chi connectivity index (χ2v) is 6.31. The van der Waals surface area contributed by atoms with E-state index in [1.807, 2.05) is 4.90 Å². The first-order chi connectivity index (χ1) is 11.7. The minimum absolute atomic E-state index is 0.000984. The normalized spacial score (nSPS) is 23.4. The van der Waals surface area contributed by atoms with Gasteiger partial charge in [0.1, 0.15) is 17.7 Å². The van der Waals surface area contributed by atoms with Crippen LogP contribution >= 0.6 is 0 Å². The summed E-state index contributed by atoms with van der Waals surface area (Å²) in [5.74, 6) is 0.402. The van der Waals surface area contributed by atoms with Crippen LogP contribution in [0.15, 0.2) is 18.5 Å². The average Bonchev–Trinajstić information content (AvgIpc) is 2.92. The highest BCUT2D eigenvalue weighted by atomic mass is 19.1. The highest BCUT2D eigenvalue weighted by Gasteiger charge is 2.41. The van der Waals surface area contributed by atoms with Gasteiger partial charge in [0, 0.05) is 18.4 Å². The summed E-state index contributed by atoms with van der Waals surface area (Å²) >= 11 is 0. The number of nitrogens with zero attached hydrogens (tertiary/aromatic N) is 3. The van der Waals surface area contributed by atoms with Gasteiger partial charge in [-0.25, -0.2) is 14.4 Å². The molecular formula is C17H19FN4O2. The fraction of sp³-hybridized carbons (Fsp3) is 0.471. The zero-order chi connectivity index (χ0) is 16.7. The first-order valence-corrected chi connectivity index (χ1v) is 8.22. The van der Waals surface area contributed by atoms with Crippen LogP contribution < -0.4 is 10.1 Å². The maximum absolute atomic E-state index is 14.4. The number of piperidine rings is 1. The molecule has 3 heterocycles. The molecule has 2 saturated heterocycles. The lowest BCUT2D eigenvalue weighted by atomic mass is 9.99. The third-order valence-corrected chi connectivity index (χ3v) is 4.98. The number of carbonyl (C=O) groups is 1. The molecule has 1 aromatic carbocycles. The SMILES string of the molecule is COc1ccc2c(NC3CC(=O)N4CCCCC34)ncnc2c1F. The molecule has 2 aliphatic rings. The molecule has 0 saturated carbocycles. The first kappa shape index (κ1) is 15.1. The van der Waals surface area contributed by atoms with Crippen LogP contribution in [-0.2, 0) is 4.79 Å². The number of carbonyl (C=O) groups excluding carboxylic acids is 1. The molecule has 2 atom stereocenters. The second kappa shape index (κ2) is 5.89. The number of nitrogens with one attached hydrogen (secondary N) is 1. The summed E-state index contributed by atoms with van der Waals surface area (Å²) in [5, 5.41) is 3.95. The lowest BCUT2D eigenvalue weighted by molar-refractivity contribution is -0.129. The first-order valence-electron chi connectivity index (χ1n) is 8.22. The number of ether oxygens (including phenoxy) is 1. The third-order valence-electron chi connectivity index (χ3n) is 4.98. The smallest absolute Gasteiger partial charge is 0.225 e. The van der Waals surface area contributed by atoms with Crippen LogP contribution in [0.5, 0.6) is 5.75 Å². The van der Waals surface area contributed by atoms with Gasteiger partial charge in [-0.3, -0.25) is 4.79 Å². The van der Waals surface area contributed by atoms with Gasteiger partial charge in [0.15, 0.2) is 11.6 Å². The van der Waals surface area contributed by atoms with E-state index in [0.717, 1.165) is 25.8 Å². The van der Waals surface area contributed by atoms with Crippen molar-refractivity contribution in [2.24, 2.45) is 0 Å². The van der Waals surface area contributed by atoms with Crippen molar-refractivity contribution < 1.29 is 13.9 Å². The zero-order valence-corrected chi connectivity index (χ0v) is 13.5. The van der Waals surface area contributed by atoms with Gasteiger partial charge in [-0.15, -0.1) is 0 Å². The van der Waals surface area contributed by atoms with Crippen LogP contribution in [0.1, 0.15) is 25.7 Å². The molecule has 1 aromatic heterocycles. The van der Waals surface area contributed by atoms with Gasteiger partial charge in [-0.2, -0.15) is 0 Å². The summed E-state index contributed by atoms with van der Waals surface area (Å²) in [6.07, 6.45) is 4.98. The minimum atomic E-state index is -0.498. The Morgan fingerprint density at radius 3 is 3.04 bits per heavy atom. The van der Waals surface area contributed by atoms with E-state index in [9.17, 15) is 9.18 Å². The highest BCUT2D eigenvalue weighted by Crippen LogP contribution is 2.33. The summed E-state index contributed by atoms with van der Waals surface area (Å²) in [5.41, 5.74) is 0.219. The number of hydrogen-bond acceptors (Lipinski definition) is 5. The Hall–Kier alpha value is -2.44. The monoisotopic (exact) mass is 330 g/mol. The molecule has 2 aliphatic heterocycles. The molecule has 1 N–H and O–H groups in total. The maximum atomic E-state index is 14.4. The van der Waals surface area contributed by atoms with Gasteiger partial charge in [0.05, 0.1) is 19.2 Å². The number of anilines is 1. The van der Waals surface area contributed by atoms with E-state index in [2.05, 4.69) is 15.3 Å². The van der Waals surface area contributed by atoms with Crippen molar-refractivity contribution in [3.05, 3.63) is 24.3 Å². The van der Waals surface area contributed by atoms with Crippen LogP contribution in [0, 0.1) is 5.82 Å². The third kappa shape index (κ3) is 2.35. The number of amides is 1.